The van der Waals surface area contributed by atoms with Crippen LogP contribution < -0.4 is 10.6 Å². The Bertz CT molecular complexity index is 620. The number of hydrogen-bond donors (Lipinski definition) is 2. The van der Waals surface area contributed by atoms with E-state index in [0.717, 1.165) is 23.5 Å². The number of carbonyl (C=O) groups is 1. The lowest BCUT2D eigenvalue weighted by Gasteiger charge is -2.03. The van der Waals surface area contributed by atoms with Crippen LogP contribution in [-0.4, -0.2) is 31.0 Å². The maximum atomic E-state index is 12.9. The molecule has 4 nitrogen and oxygen atoms in total. The van der Waals surface area contributed by atoms with Gasteiger partial charge in [0.1, 0.15) is 15.7 Å². The van der Waals surface area contributed by atoms with Gasteiger partial charge in [0, 0.05) is 12.1 Å². The molecule has 1 aromatic heterocycles. The summed E-state index contributed by atoms with van der Waals surface area (Å²) in [5, 5.41) is 6.64. The lowest BCUT2D eigenvalue weighted by Crippen LogP contribution is -2.26. The molecule has 0 saturated heterocycles. The molecule has 128 valence electrons. The highest BCUT2D eigenvalue weighted by molar-refractivity contribution is 7.17. The molecule has 0 spiro atoms. The molecule has 2 aromatic rings. The fourth-order valence-corrected chi connectivity index (χ4v) is 2.86. The molecule has 0 bridgehead atoms. The van der Waals surface area contributed by atoms with E-state index in [1.54, 1.807) is 12.1 Å². The number of nitrogens with one attached hydrogen (secondary N) is 2. The van der Waals surface area contributed by atoms with Crippen molar-refractivity contribution in [1.29, 1.82) is 0 Å². The normalized spacial score (nSPS) is 9.70. The van der Waals surface area contributed by atoms with E-state index in [1.807, 2.05) is 14.0 Å². The van der Waals surface area contributed by atoms with Crippen LogP contribution in [0.25, 0.3) is 10.6 Å². The third kappa shape index (κ3) is 6.06. The third-order valence-corrected chi connectivity index (χ3v) is 4.19. The number of aromatic nitrogens is 1. The smallest absolute Gasteiger partial charge is 0.263 e. The van der Waals surface area contributed by atoms with Crippen molar-refractivity contribution in [2.24, 2.45) is 0 Å². The average Bonchev–Trinajstić information content (AvgIpc) is 2.86. The minimum atomic E-state index is -0.283. The third-order valence-electron chi connectivity index (χ3n) is 2.98. The predicted molar refractivity (Wildman–Crippen MR) is 97.6 cm³/mol. The summed E-state index contributed by atoms with van der Waals surface area (Å²) < 4.78 is 12.9. The number of aryl methyl sites for hydroxylation is 1. The molecule has 2 N–H and O–H groups in total. The number of carbonyl (C=O) groups excluding carboxylic acids is 1. The van der Waals surface area contributed by atoms with Crippen molar-refractivity contribution in [3.05, 3.63) is 40.7 Å². The summed E-state index contributed by atoms with van der Waals surface area (Å²) in [5.41, 5.74) is 1.52. The Labute approximate surface area is 151 Å². The van der Waals surface area contributed by atoms with Gasteiger partial charge in [-0.15, -0.1) is 36.2 Å². The standard InChI is InChI=1S/C15H18FN3OS.2ClH/c1-10-13(14(20)18-9-3-8-17-2)21-15(19-10)11-4-6-12(16)7-5-11;;/h4-7,17H,3,8-9H2,1-2H3,(H,18,20);2*1H. The van der Waals surface area contributed by atoms with E-state index in [1.165, 1.54) is 23.5 Å². The maximum absolute atomic E-state index is 12.9. The molecule has 0 fully saturated rings. The van der Waals surface area contributed by atoms with Gasteiger partial charge in [-0.05, 0) is 51.2 Å². The number of rotatable bonds is 6. The van der Waals surface area contributed by atoms with Crippen molar-refractivity contribution < 1.29 is 9.18 Å². The number of amides is 1. The molecule has 0 saturated carbocycles. The summed E-state index contributed by atoms with van der Waals surface area (Å²) in [6.07, 6.45) is 0.880. The van der Waals surface area contributed by atoms with Gasteiger partial charge in [0.05, 0.1) is 5.69 Å². The van der Waals surface area contributed by atoms with Crippen LogP contribution in [0.1, 0.15) is 21.8 Å². The molecule has 0 atom stereocenters. The number of hydrogen-bond acceptors (Lipinski definition) is 4. The summed E-state index contributed by atoms with van der Waals surface area (Å²) in [5.74, 6) is -0.385. The second kappa shape index (κ2) is 10.5. The Hall–Kier alpha value is -1.21. The van der Waals surface area contributed by atoms with Crippen molar-refractivity contribution in [3.63, 3.8) is 0 Å². The Morgan fingerprint density at radius 2 is 1.87 bits per heavy atom. The first-order valence-electron chi connectivity index (χ1n) is 6.78. The molecular formula is C15H20Cl2FN3OS. The highest BCUT2D eigenvalue weighted by atomic mass is 35.5. The van der Waals surface area contributed by atoms with Gasteiger partial charge in [0.2, 0.25) is 0 Å². The zero-order valence-electron chi connectivity index (χ0n) is 12.9. The topological polar surface area (TPSA) is 54.0 Å². The number of halogens is 3. The Morgan fingerprint density at radius 3 is 2.48 bits per heavy atom. The second-order valence-corrected chi connectivity index (χ2v) is 5.65. The number of nitrogens with zero attached hydrogens (tertiary/aromatic N) is 1. The van der Waals surface area contributed by atoms with E-state index in [4.69, 9.17) is 0 Å². The second-order valence-electron chi connectivity index (χ2n) is 4.65. The maximum Gasteiger partial charge on any atom is 0.263 e. The fraction of sp³-hybridized carbons (Fsp3) is 0.333. The minimum Gasteiger partial charge on any atom is -0.351 e. The molecule has 8 heteroatoms. The predicted octanol–water partition coefficient (Wildman–Crippen LogP) is 3.44. The average molecular weight is 380 g/mol. The first-order valence-corrected chi connectivity index (χ1v) is 7.59. The van der Waals surface area contributed by atoms with Crippen LogP contribution in [0, 0.1) is 12.7 Å². The molecule has 1 heterocycles. The molecule has 0 aliphatic heterocycles. The molecular weight excluding hydrogens is 360 g/mol. The van der Waals surface area contributed by atoms with Gasteiger partial charge in [0.15, 0.2) is 0 Å². The van der Waals surface area contributed by atoms with Crippen LogP contribution in [0.5, 0.6) is 0 Å². The zero-order chi connectivity index (χ0) is 15.2. The Balaban J connectivity index is 0.00000242. The molecule has 0 aliphatic rings. The SMILES string of the molecule is CNCCCNC(=O)c1sc(-c2ccc(F)cc2)nc1C.Cl.Cl. The van der Waals surface area contributed by atoms with E-state index in [9.17, 15) is 9.18 Å². The van der Waals surface area contributed by atoms with Crippen molar-refractivity contribution in [2.45, 2.75) is 13.3 Å². The molecule has 0 unspecified atom stereocenters. The van der Waals surface area contributed by atoms with Crippen LogP contribution in [-0.2, 0) is 0 Å². The zero-order valence-corrected chi connectivity index (χ0v) is 15.3. The number of thiazole rings is 1. The van der Waals surface area contributed by atoms with Crippen molar-refractivity contribution in [3.8, 4) is 10.6 Å². The molecule has 1 amide bonds. The lowest BCUT2D eigenvalue weighted by atomic mass is 10.2. The minimum absolute atomic E-state index is 0. The van der Waals surface area contributed by atoms with E-state index >= 15 is 0 Å². The highest BCUT2D eigenvalue weighted by Gasteiger charge is 2.15. The van der Waals surface area contributed by atoms with E-state index < -0.39 is 0 Å². The monoisotopic (exact) mass is 379 g/mol. The fourth-order valence-electron chi connectivity index (χ4n) is 1.87. The van der Waals surface area contributed by atoms with Gasteiger partial charge in [-0.2, -0.15) is 0 Å². The highest BCUT2D eigenvalue weighted by Crippen LogP contribution is 2.27. The van der Waals surface area contributed by atoms with Gasteiger partial charge in [-0.3, -0.25) is 4.79 Å². The summed E-state index contributed by atoms with van der Waals surface area (Å²) >= 11 is 1.33. The molecule has 0 radical (unpaired) electrons. The molecule has 23 heavy (non-hydrogen) atoms. The van der Waals surface area contributed by atoms with Gasteiger partial charge in [-0.25, -0.2) is 9.37 Å². The largest absolute Gasteiger partial charge is 0.351 e. The van der Waals surface area contributed by atoms with E-state index in [2.05, 4.69) is 15.6 Å². The summed E-state index contributed by atoms with van der Waals surface area (Å²) in [4.78, 5) is 17.1. The Kier molecular flexibility index (Phi) is 9.99. The van der Waals surface area contributed by atoms with Gasteiger partial charge < -0.3 is 10.6 Å². The van der Waals surface area contributed by atoms with E-state index in [0.29, 0.717) is 17.1 Å². The molecule has 1 aromatic carbocycles. The number of benzene rings is 1. The molecule has 0 aliphatic carbocycles. The van der Waals surface area contributed by atoms with Gasteiger partial charge in [-0.1, -0.05) is 0 Å². The molecule has 2 rings (SSSR count). The summed E-state index contributed by atoms with van der Waals surface area (Å²) in [6.45, 7) is 3.30. The van der Waals surface area contributed by atoms with Crippen LogP contribution in [0.2, 0.25) is 0 Å². The van der Waals surface area contributed by atoms with Crippen LogP contribution in [0.4, 0.5) is 4.39 Å². The lowest BCUT2D eigenvalue weighted by molar-refractivity contribution is 0.0956. The van der Waals surface area contributed by atoms with Gasteiger partial charge in [0.25, 0.3) is 5.91 Å². The summed E-state index contributed by atoms with van der Waals surface area (Å²) in [7, 11) is 1.88. The quantitative estimate of drug-likeness (QED) is 0.755. The van der Waals surface area contributed by atoms with Crippen molar-refractivity contribution in [1.82, 2.24) is 15.6 Å². The summed E-state index contributed by atoms with van der Waals surface area (Å²) in [6, 6.07) is 6.12. The van der Waals surface area contributed by atoms with E-state index in [-0.39, 0.29) is 36.5 Å². The van der Waals surface area contributed by atoms with Crippen LogP contribution >= 0.6 is 36.2 Å². The van der Waals surface area contributed by atoms with Crippen LogP contribution in [0.15, 0.2) is 24.3 Å². The first kappa shape index (κ1) is 21.8. The Morgan fingerprint density at radius 1 is 1.22 bits per heavy atom. The first-order chi connectivity index (χ1) is 10.1. The van der Waals surface area contributed by atoms with Crippen molar-refractivity contribution in [2.75, 3.05) is 20.1 Å². The van der Waals surface area contributed by atoms with Gasteiger partial charge >= 0.3 is 0 Å². The van der Waals surface area contributed by atoms with Crippen LogP contribution in [0.3, 0.4) is 0 Å². The van der Waals surface area contributed by atoms with Crippen molar-refractivity contribution >= 4 is 42.1 Å².